The zero-order valence-electron chi connectivity index (χ0n) is 13.7. The van der Waals surface area contributed by atoms with Crippen LogP contribution >= 0.6 is 12.4 Å². The smallest absolute Gasteiger partial charge is 0.250 e. The Morgan fingerprint density at radius 3 is 2.83 bits per heavy atom. The Kier molecular flexibility index (Phi) is 5.80. The Labute approximate surface area is 146 Å². The van der Waals surface area contributed by atoms with Gasteiger partial charge in [0.2, 0.25) is 5.91 Å². The molecule has 2 atom stereocenters. The van der Waals surface area contributed by atoms with Gasteiger partial charge in [-0.05, 0) is 18.6 Å². The maximum atomic E-state index is 12.6. The highest BCUT2D eigenvalue weighted by molar-refractivity contribution is 5.93. The number of hydrogen-bond donors (Lipinski definition) is 2. The third-order valence-corrected chi connectivity index (χ3v) is 4.30. The lowest BCUT2D eigenvalue weighted by Crippen LogP contribution is -2.29. The molecule has 0 bridgehead atoms. The molecule has 7 nitrogen and oxygen atoms in total. The summed E-state index contributed by atoms with van der Waals surface area (Å²) in [6, 6.07) is 3.12. The first-order chi connectivity index (χ1) is 11.1. The van der Waals surface area contributed by atoms with Crippen molar-refractivity contribution in [1.82, 2.24) is 19.7 Å². The van der Waals surface area contributed by atoms with E-state index in [0.717, 1.165) is 12.1 Å². The molecule has 0 spiro atoms. The van der Waals surface area contributed by atoms with E-state index < -0.39 is 0 Å². The van der Waals surface area contributed by atoms with Crippen molar-refractivity contribution in [3.63, 3.8) is 0 Å². The summed E-state index contributed by atoms with van der Waals surface area (Å²) in [4.78, 5) is 24.2. The molecule has 24 heavy (non-hydrogen) atoms. The molecular weight excluding hydrogens is 330 g/mol. The van der Waals surface area contributed by atoms with Crippen LogP contribution in [-0.2, 0) is 18.4 Å². The van der Waals surface area contributed by atoms with Crippen LogP contribution in [0.1, 0.15) is 18.4 Å². The number of amides is 1. The number of anilines is 1. The minimum absolute atomic E-state index is 0. The number of carbonyl (C=O) groups is 1. The van der Waals surface area contributed by atoms with E-state index in [1.807, 2.05) is 26.4 Å². The van der Waals surface area contributed by atoms with Gasteiger partial charge in [-0.3, -0.25) is 14.3 Å². The first kappa shape index (κ1) is 18.2. The van der Waals surface area contributed by atoms with Gasteiger partial charge in [0.1, 0.15) is 0 Å². The van der Waals surface area contributed by atoms with Crippen molar-refractivity contribution in [2.75, 3.05) is 18.4 Å². The minimum atomic E-state index is -0.152. The standard InChI is InChI=1S/C16H21N5O2.ClH/c1-3-21-10-12(4-5-15(21)22)19-16(23)14-8-17-7-13(14)11-6-18-20(2)9-11;/h4-6,9-10,13-14,17H,3,7-8H2,1-2H3,(H,19,23);1H/t13-,14+;/m1./s1. The van der Waals surface area contributed by atoms with Crippen LogP contribution in [0.25, 0.3) is 0 Å². The summed E-state index contributed by atoms with van der Waals surface area (Å²) in [5, 5.41) is 10.4. The lowest BCUT2D eigenvalue weighted by atomic mass is 9.90. The SMILES string of the molecule is CCn1cc(NC(=O)[C@H]2CNC[C@@H]2c2cnn(C)c2)ccc1=O.Cl. The van der Waals surface area contributed by atoms with Gasteiger partial charge in [0.05, 0.1) is 17.8 Å². The second-order valence-electron chi connectivity index (χ2n) is 5.85. The highest BCUT2D eigenvalue weighted by atomic mass is 35.5. The number of halogens is 1. The number of carbonyl (C=O) groups excluding carboxylic acids is 1. The quantitative estimate of drug-likeness (QED) is 0.860. The monoisotopic (exact) mass is 351 g/mol. The van der Waals surface area contributed by atoms with Gasteiger partial charge in [-0.25, -0.2) is 0 Å². The number of aromatic nitrogens is 3. The number of nitrogens with one attached hydrogen (secondary N) is 2. The molecule has 1 aliphatic heterocycles. The number of nitrogens with zero attached hydrogens (tertiary/aromatic N) is 3. The van der Waals surface area contributed by atoms with E-state index in [9.17, 15) is 9.59 Å². The second-order valence-corrected chi connectivity index (χ2v) is 5.85. The van der Waals surface area contributed by atoms with Gasteiger partial charge in [0, 0.05) is 51.1 Å². The molecular formula is C16H22ClN5O2. The number of aryl methyl sites for hydroxylation is 2. The van der Waals surface area contributed by atoms with Gasteiger partial charge < -0.3 is 15.2 Å². The molecule has 1 fully saturated rings. The highest BCUT2D eigenvalue weighted by Gasteiger charge is 2.34. The van der Waals surface area contributed by atoms with Crippen molar-refractivity contribution in [3.05, 3.63) is 46.6 Å². The Hall–Kier alpha value is -2.12. The Morgan fingerprint density at radius 2 is 2.17 bits per heavy atom. The maximum Gasteiger partial charge on any atom is 0.250 e. The molecule has 2 aromatic rings. The van der Waals surface area contributed by atoms with E-state index in [0.29, 0.717) is 18.8 Å². The summed E-state index contributed by atoms with van der Waals surface area (Å²) in [5.41, 5.74) is 1.64. The minimum Gasteiger partial charge on any atom is -0.324 e. The fourth-order valence-corrected chi connectivity index (χ4v) is 3.02. The van der Waals surface area contributed by atoms with Crippen LogP contribution in [0.15, 0.2) is 35.5 Å². The average Bonchev–Trinajstić information content (AvgIpc) is 3.17. The van der Waals surface area contributed by atoms with E-state index in [-0.39, 0.29) is 35.7 Å². The van der Waals surface area contributed by atoms with Gasteiger partial charge in [-0.15, -0.1) is 12.4 Å². The molecule has 0 aliphatic carbocycles. The summed E-state index contributed by atoms with van der Waals surface area (Å²) < 4.78 is 3.32. The van der Waals surface area contributed by atoms with Crippen molar-refractivity contribution in [2.45, 2.75) is 19.4 Å². The van der Waals surface area contributed by atoms with Crippen LogP contribution in [0.3, 0.4) is 0 Å². The molecule has 8 heteroatoms. The third-order valence-electron chi connectivity index (χ3n) is 4.30. The van der Waals surface area contributed by atoms with Crippen LogP contribution < -0.4 is 16.2 Å². The number of pyridine rings is 1. The zero-order chi connectivity index (χ0) is 16.4. The van der Waals surface area contributed by atoms with E-state index >= 15 is 0 Å². The van der Waals surface area contributed by atoms with E-state index in [1.54, 1.807) is 21.5 Å². The Bertz CT molecular complexity index is 770. The zero-order valence-corrected chi connectivity index (χ0v) is 14.5. The largest absolute Gasteiger partial charge is 0.324 e. The molecule has 1 aliphatic rings. The first-order valence-corrected chi connectivity index (χ1v) is 7.79. The van der Waals surface area contributed by atoms with E-state index in [1.165, 1.54) is 6.07 Å². The van der Waals surface area contributed by atoms with E-state index in [4.69, 9.17) is 0 Å². The summed E-state index contributed by atoms with van der Waals surface area (Å²) in [7, 11) is 1.87. The molecule has 0 unspecified atom stereocenters. The van der Waals surface area contributed by atoms with Gasteiger partial charge in [0.15, 0.2) is 0 Å². The van der Waals surface area contributed by atoms with Crippen LogP contribution in [0.5, 0.6) is 0 Å². The van der Waals surface area contributed by atoms with Gasteiger partial charge in [-0.2, -0.15) is 5.10 Å². The van der Waals surface area contributed by atoms with Crippen LogP contribution in [0.4, 0.5) is 5.69 Å². The van der Waals surface area contributed by atoms with Crippen LogP contribution in [0, 0.1) is 5.92 Å². The fraction of sp³-hybridized carbons (Fsp3) is 0.438. The lowest BCUT2D eigenvalue weighted by molar-refractivity contribution is -0.119. The maximum absolute atomic E-state index is 12.6. The fourth-order valence-electron chi connectivity index (χ4n) is 3.02. The van der Waals surface area contributed by atoms with Gasteiger partial charge in [-0.1, -0.05) is 0 Å². The number of rotatable bonds is 4. The normalized spacial score (nSPS) is 19.8. The topological polar surface area (TPSA) is 81.0 Å². The highest BCUT2D eigenvalue weighted by Crippen LogP contribution is 2.28. The Balaban J connectivity index is 0.00000208. The van der Waals surface area contributed by atoms with Gasteiger partial charge >= 0.3 is 0 Å². The lowest BCUT2D eigenvalue weighted by Gasteiger charge is -2.17. The average molecular weight is 352 g/mol. The molecule has 0 aromatic carbocycles. The molecule has 0 saturated carbocycles. The predicted molar refractivity (Wildman–Crippen MR) is 94.6 cm³/mol. The van der Waals surface area contributed by atoms with Crippen molar-refractivity contribution in [3.8, 4) is 0 Å². The van der Waals surface area contributed by atoms with E-state index in [2.05, 4.69) is 15.7 Å². The molecule has 3 rings (SSSR count). The molecule has 1 saturated heterocycles. The third kappa shape index (κ3) is 3.68. The van der Waals surface area contributed by atoms with Gasteiger partial charge in [0.25, 0.3) is 5.56 Å². The van der Waals surface area contributed by atoms with Crippen LogP contribution in [-0.4, -0.2) is 33.3 Å². The summed E-state index contributed by atoms with van der Waals surface area (Å²) in [6.07, 6.45) is 5.45. The molecule has 2 aromatic heterocycles. The number of hydrogen-bond acceptors (Lipinski definition) is 4. The summed E-state index contributed by atoms with van der Waals surface area (Å²) >= 11 is 0. The molecule has 1 amide bonds. The van der Waals surface area contributed by atoms with Crippen molar-refractivity contribution in [2.24, 2.45) is 13.0 Å². The molecule has 0 radical (unpaired) electrons. The first-order valence-electron chi connectivity index (χ1n) is 7.79. The van der Waals surface area contributed by atoms with Crippen molar-refractivity contribution in [1.29, 1.82) is 0 Å². The Morgan fingerprint density at radius 1 is 1.38 bits per heavy atom. The van der Waals surface area contributed by atoms with Crippen molar-refractivity contribution >= 4 is 24.0 Å². The summed E-state index contributed by atoms with van der Waals surface area (Å²) in [5.74, 6) is -0.0767. The predicted octanol–water partition coefficient (Wildman–Crippen LogP) is 0.965. The van der Waals surface area contributed by atoms with Crippen molar-refractivity contribution < 1.29 is 4.79 Å². The molecule has 2 N–H and O–H groups in total. The van der Waals surface area contributed by atoms with Crippen LogP contribution in [0.2, 0.25) is 0 Å². The summed E-state index contributed by atoms with van der Waals surface area (Å²) in [6.45, 7) is 3.87. The molecule has 3 heterocycles. The second kappa shape index (κ2) is 7.63. The molecule has 130 valence electrons.